The SMILES string of the molecule is O=C(c1ccc(Cl)c(S(=O)(=O)N2CCCCC2)c1)N1CCC[C@H](C(F)(F)F)C1. The molecular weight excluding hydrogens is 417 g/mol. The molecule has 10 heteroatoms. The van der Waals surface area contributed by atoms with Crippen molar-refractivity contribution in [3.05, 3.63) is 28.8 Å². The lowest BCUT2D eigenvalue weighted by Gasteiger charge is -2.34. The highest BCUT2D eigenvalue weighted by Crippen LogP contribution is 2.34. The van der Waals surface area contributed by atoms with Gasteiger partial charge in [-0.05, 0) is 43.9 Å². The fraction of sp³-hybridized carbons (Fsp3) is 0.611. The number of carbonyl (C=O) groups is 1. The largest absolute Gasteiger partial charge is 0.393 e. The van der Waals surface area contributed by atoms with Crippen LogP contribution >= 0.6 is 11.6 Å². The lowest BCUT2D eigenvalue weighted by Crippen LogP contribution is -2.44. The summed E-state index contributed by atoms with van der Waals surface area (Å²) in [6.07, 6.45) is -1.66. The predicted molar refractivity (Wildman–Crippen MR) is 98.7 cm³/mol. The van der Waals surface area contributed by atoms with Crippen LogP contribution in [0.5, 0.6) is 0 Å². The van der Waals surface area contributed by atoms with E-state index in [2.05, 4.69) is 0 Å². The van der Waals surface area contributed by atoms with Crippen molar-refractivity contribution in [2.75, 3.05) is 26.2 Å². The highest BCUT2D eigenvalue weighted by Gasteiger charge is 2.43. The van der Waals surface area contributed by atoms with E-state index in [4.69, 9.17) is 11.6 Å². The van der Waals surface area contributed by atoms with Crippen molar-refractivity contribution in [3.63, 3.8) is 0 Å². The van der Waals surface area contributed by atoms with E-state index >= 15 is 0 Å². The summed E-state index contributed by atoms with van der Waals surface area (Å²) in [5.74, 6) is -2.17. The number of halogens is 4. The number of nitrogens with zero attached hydrogens (tertiary/aromatic N) is 2. The second-order valence-electron chi connectivity index (χ2n) is 7.24. The van der Waals surface area contributed by atoms with E-state index in [1.54, 1.807) is 0 Å². The molecule has 1 amide bonds. The number of piperidine rings is 2. The molecule has 28 heavy (non-hydrogen) atoms. The lowest BCUT2D eigenvalue weighted by molar-refractivity contribution is -0.184. The van der Waals surface area contributed by atoms with Gasteiger partial charge in [0.05, 0.1) is 10.9 Å². The van der Waals surface area contributed by atoms with E-state index in [0.717, 1.165) is 24.2 Å². The maximum atomic E-state index is 13.0. The van der Waals surface area contributed by atoms with Gasteiger partial charge in [-0.25, -0.2) is 8.42 Å². The molecule has 5 nitrogen and oxygen atoms in total. The Morgan fingerprint density at radius 1 is 1.07 bits per heavy atom. The zero-order chi connectivity index (χ0) is 20.5. The summed E-state index contributed by atoms with van der Waals surface area (Å²) in [7, 11) is -3.86. The highest BCUT2D eigenvalue weighted by molar-refractivity contribution is 7.89. The van der Waals surface area contributed by atoms with Gasteiger partial charge in [0.2, 0.25) is 10.0 Å². The number of likely N-dealkylation sites (tertiary alicyclic amines) is 1. The maximum Gasteiger partial charge on any atom is 0.393 e. The number of hydrogen-bond donors (Lipinski definition) is 0. The number of rotatable bonds is 3. The molecule has 0 aromatic heterocycles. The van der Waals surface area contributed by atoms with Gasteiger partial charge in [-0.2, -0.15) is 17.5 Å². The van der Waals surface area contributed by atoms with E-state index in [-0.39, 0.29) is 34.9 Å². The summed E-state index contributed by atoms with van der Waals surface area (Å²) >= 11 is 6.09. The van der Waals surface area contributed by atoms with Crippen molar-refractivity contribution >= 4 is 27.5 Å². The molecular formula is C18H22ClF3N2O3S. The van der Waals surface area contributed by atoms with Gasteiger partial charge < -0.3 is 4.90 Å². The summed E-state index contributed by atoms with van der Waals surface area (Å²) in [4.78, 5) is 13.7. The van der Waals surface area contributed by atoms with Crippen LogP contribution < -0.4 is 0 Å². The molecule has 2 saturated heterocycles. The van der Waals surface area contributed by atoms with Crippen LogP contribution in [0.2, 0.25) is 5.02 Å². The Kier molecular flexibility index (Phi) is 6.26. The summed E-state index contributed by atoms with van der Waals surface area (Å²) < 4.78 is 66.2. The van der Waals surface area contributed by atoms with Crippen LogP contribution in [-0.4, -0.2) is 55.9 Å². The molecule has 1 atom stereocenters. The first-order valence-corrected chi connectivity index (χ1v) is 11.1. The number of sulfonamides is 1. The van der Waals surface area contributed by atoms with E-state index in [1.807, 2.05) is 0 Å². The quantitative estimate of drug-likeness (QED) is 0.718. The monoisotopic (exact) mass is 438 g/mol. The van der Waals surface area contributed by atoms with Crippen molar-refractivity contribution in [1.29, 1.82) is 0 Å². The summed E-state index contributed by atoms with van der Waals surface area (Å²) in [5, 5.41) is -0.00562. The topological polar surface area (TPSA) is 57.7 Å². The zero-order valence-electron chi connectivity index (χ0n) is 15.2. The van der Waals surface area contributed by atoms with Crippen molar-refractivity contribution < 1.29 is 26.4 Å². The molecule has 2 aliphatic heterocycles. The minimum atomic E-state index is -4.36. The van der Waals surface area contributed by atoms with E-state index < -0.39 is 34.6 Å². The highest BCUT2D eigenvalue weighted by atomic mass is 35.5. The first-order chi connectivity index (χ1) is 13.1. The minimum absolute atomic E-state index is 0.00562. The van der Waals surface area contributed by atoms with Crippen LogP contribution in [0.15, 0.2) is 23.1 Å². The van der Waals surface area contributed by atoms with Gasteiger partial charge in [-0.3, -0.25) is 4.79 Å². The summed E-state index contributed by atoms with van der Waals surface area (Å²) in [6.45, 7) is 0.563. The average molecular weight is 439 g/mol. The molecule has 2 aliphatic rings. The second kappa shape index (κ2) is 8.20. The Bertz CT molecular complexity index is 839. The molecule has 0 N–H and O–H groups in total. The molecule has 156 valence electrons. The fourth-order valence-electron chi connectivity index (χ4n) is 3.69. The molecule has 0 spiro atoms. The van der Waals surface area contributed by atoms with Crippen molar-refractivity contribution in [2.45, 2.75) is 43.2 Å². The van der Waals surface area contributed by atoms with Gasteiger partial charge in [0, 0.05) is 31.7 Å². The first kappa shape index (κ1) is 21.4. The van der Waals surface area contributed by atoms with Gasteiger partial charge in [0.15, 0.2) is 0 Å². The average Bonchev–Trinajstić information content (AvgIpc) is 2.68. The van der Waals surface area contributed by atoms with Gasteiger partial charge in [0.1, 0.15) is 4.90 Å². The molecule has 0 saturated carbocycles. The Labute approximate surface area is 167 Å². The Balaban J connectivity index is 1.85. The number of hydrogen-bond acceptors (Lipinski definition) is 3. The molecule has 2 fully saturated rings. The van der Waals surface area contributed by atoms with Crippen LogP contribution in [0.4, 0.5) is 13.2 Å². The first-order valence-electron chi connectivity index (χ1n) is 9.26. The van der Waals surface area contributed by atoms with Gasteiger partial charge >= 0.3 is 6.18 Å². The van der Waals surface area contributed by atoms with Gasteiger partial charge in [0.25, 0.3) is 5.91 Å². The number of amides is 1. The zero-order valence-corrected chi connectivity index (χ0v) is 16.8. The van der Waals surface area contributed by atoms with Crippen LogP contribution in [-0.2, 0) is 10.0 Å². The lowest BCUT2D eigenvalue weighted by atomic mass is 9.97. The molecule has 0 radical (unpaired) electrons. The van der Waals surface area contributed by atoms with Crippen LogP contribution in [0.25, 0.3) is 0 Å². The number of benzene rings is 1. The number of alkyl halides is 3. The molecule has 3 rings (SSSR count). The smallest absolute Gasteiger partial charge is 0.338 e. The van der Waals surface area contributed by atoms with Gasteiger partial charge in [-0.1, -0.05) is 18.0 Å². The predicted octanol–water partition coefficient (Wildman–Crippen LogP) is 3.93. The van der Waals surface area contributed by atoms with E-state index in [0.29, 0.717) is 13.1 Å². The minimum Gasteiger partial charge on any atom is -0.338 e. The van der Waals surface area contributed by atoms with Crippen LogP contribution in [0.1, 0.15) is 42.5 Å². The molecule has 0 unspecified atom stereocenters. The molecule has 0 aliphatic carbocycles. The standard InChI is InChI=1S/C18H22ClF3N2O3S/c19-15-7-6-13(11-16(15)28(26,27)24-9-2-1-3-10-24)17(25)23-8-4-5-14(12-23)18(20,21)22/h6-7,11,14H,1-5,8-10,12H2/t14-/m0/s1. The van der Waals surface area contributed by atoms with Crippen molar-refractivity contribution in [1.82, 2.24) is 9.21 Å². The van der Waals surface area contributed by atoms with E-state index in [9.17, 15) is 26.4 Å². The molecule has 2 heterocycles. The van der Waals surface area contributed by atoms with Crippen molar-refractivity contribution in [3.8, 4) is 0 Å². The third-order valence-corrected chi connectivity index (χ3v) is 7.66. The molecule has 1 aromatic carbocycles. The summed E-state index contributed by atoms with van der Waals surface area (Å²) in [5.41, 5.74) is 0.0304. The fourth-order valence-corrected chi connectivity index (χ4v) is 5.71. The third-order valence-electron chi connectivity index (χ3n) is 5.28. The van der Waals surface area contributed by atoms with Crippen LogP contribution in [0, 0.1) is 5.92 Å². The second-order valence-corrected chi connectivity index (χ2v) is 9.56. The Hall–Kier alpha value is -1.32. The molecule has 1 aromatic rings. The maximum absolute atomic E-state index is 13.0. The summed E-state index contributed by atoms with van der Waals surface area (Å²) in [6, 6.07) is 3.86. The molecule has 0 bridgehead atoms. The van der Waals surface area contributed by atoms with Crippen molar-refractivity contribution in [2.24, 2.45) is 5.92 Å². The van der Waals surface area contributed by atoms with Crippen LogP contribution in [0.3, 0.4) is 0 Å². The number of carbonyl (C=O) groups excluding carboxylic acids is 1. The van der Waals surface area contributed by atoms with E-state index in [1.165, 1.54) is 22.5 Å². The third kappa shape index (κ3) is 4.46. The Morgan fingerprint density at radius 3 is 2.39 bits per heavy atom. The normalized spacial score (nSPS) is 22.3. The van der Waals surface area contributed by atoms with Gasteiger partial charge in [-0.15, -0.1) is 0 Å². The Morgan fingerprint density at radius 2 is 1.75 bits per heavy atom.